The summed E-state index contributed by atoms with van der Waals surface area (Å²) >= 11 is 1.70. The third-order valence-corrected chi connectivity index (χ3v) is 6.26. The van der Waals surface area contributed by atoms with Crippen LogP contribution in [0.2, 0.25) is 0 Å². The lowest BCUT2D eigenvalue weighted by Gasteiger charge is -2.33. The third-order valence-electron chi connectivity index (χ3n) is 5.44. The minimum absolute atomic E-state index is 0.679. The van der Waals surface area contributed by atoms with E-state index in [0.29, 0.717) is 6.04 Å². The summed E-state index contributed by atoms with van der Waals surface area (Å²) in [5, 5.41) is 10.1. The van der Waals surface area contributed by atoms with E-state index in [9.17, 15) is 0 Å². The third kappa shape index (κ3) is 6.04. The van der Waals surface area contributed by atoms with Gasteiger partial charge in [-0.1, -0.05) is 30.7 Å². The van der Waals surface area contributed by atoms with Gasteiger partial charge in [-0.15, -0.1) is 11.3 Å². The van der Waals surface area contributed by atoms with Gasteiger partial charge in [0.1, 0.15) is 0 Å². The lowest BCUT2D eigenvalue weighted by Crippen LogP contribution is -2.39. The molecule has 0 spiro atoms. The maximum atomic E-state index is 4.51. The van der Waals surface area contributed by atoms with Gasteiger partial charge in [0.2, 0.25) is 0 Å². The molecule has 1 saturated heterocycles. The van der Waals surface area contributed by atoms with Crippen LogP contribution in [0.4, 0.5) is 0 Å². The molecule has 1 aromatic carbocycles. The summed E-state index contributed by atoms with van der Waals surface area (Å²) in [4.78, 5) is 11.5. The van der Waals surface area contributed by atoms with Crippen LogP contribution in [0, 0.1) is 6.92 Å². The normalized spacial score (nSPS) is 18.2. The number of aryl methyl sites for hydroxylation is 1. The second kappa shape index (κ2) is 10.6. The van der Waals surface area contributed by atoms with Crippen molar-refractivity contribution in [2.75, 3.05) is 20.1 Å². The highest BCUT2D eigenvalue weighted by Gasteiger charge is 2.19. The van der Waals surface area contributed by atoms with Gasteiger partial charge in [0, 0.05) is 44.5 Å². The van der Waals surface area contributed by atoms with E-state index in [0.717, 1.165) is 42.7 Å². The summed E-state index contributed by atoms with van der Waals surface area (Å²) in [5.41, 5.74) is 3.90. The Morgan fingerprint density at radius 1 is 1.25 bits per heavy atom. The second-order valence-corrected chi connectivity index (χ2v) is 8.61. The number of piperidine rings is 1. The van der Waals surface area contributed by atoms with E-state index in [2.05, 4.69) is 62.1 Å². The lowest BCUT2D eigenvalue weighted by atomic mass is 10.0. The van der Waals surface area contributed by atoms with E-state index in [4.69, 9.17) is 0 Å². The van der Waals surface area contributed by atoms with Crippen LogP contribution < -0.4 is 10.6 Å². The Balaban J connectivity index is 1.51. The molecule has 1 aliphatic heterocycles. The van der Waals surface area contributed by atoms with Crippen LogP contribution in [0.3, 0.4) is 0 Å². The number of aliphatic imine (C=N–C) groups is 1. The largest absolute Gasteiger partial charge is 0.356 e. The highest BCUT2D eigenvalue weighted by atomic mass is 32.1. The topological polar surface area (TPSA) is 52.6 Å². The van der Waals surface area contributed by atoms with Crippen molar-refractivity contribution >= 4 is 17.3 Å². The molecule has 28 heavy (non-hydrogen) atoms. The molecule has 2 N–H and O–H groups in total. The molecule has 0 bridgehead atoms. The van der Waals surface area contributed by atoms with Crippen LogP contribution >= 0.6 is 11.3 Å². The quantitative estimate of drug-likeness (QED) is 0.550. The Kier molecular flexibility index (Phi) is 7.86. The van der Waals surface area contributed by atoms with Crippen molar-refractivity contribution in [1.82, 2.24) is 20.5 Å². The van der Waals surface area contributed by atoms with Crippen molar-refractivity contribution < 1.29 is 0 Å². The first-order valence-electron chi connectivity index (χ1n) is 10.3. The van der Waals surface area contributed by atoms with Crippen molar-refractivity contribution in [2.45, 2.75) is 58.7 Å². The fourth-order valence-electron chi connectivity index (χ4n) is 3.73. The van der Waals surface area contributed by atoms with E-state index in [1.807, 2.05) is 14.0 Å². The summed E-state index contributed by atoms with van der Waals surface area (Å²) < 4.78 is 0. The fourth-order valence-corrected chi connectivity index (χ4v) is 4.37. The number of nitrogens with one attached hydrogen (secondary N) is 2. The molecule has 1 aliphatic rings. The van der Waals surface area contributed by atoms with E-state index in [1.54, 1.807) is 11.3 Å². The van der Waals surface area contributed by atoms with Gasteiger partial charge in [-0.3, -0.25) is 9.89 Å². The summed E-state index contributed by atoms with van der Waals surface area (Å²) in [6.45, 7) is 8.26. The number of thiazole rings is 1. The second-order valence-electron chi connectivity index (χ2n) is 7.54. The molecule has 0 aliphatic carbocycles. The smallest absolute Gasteiger partial charge is 0.191 e. The van der Waals surface area contributed by atoms with Gasteiger partial charge in [0.15, 0.2) is 5.96 Å². The van der Waals surface area contributed by atoms with Crippen molar-refractivity contribution in [2.24, 2.45) is 4.99 Å². The molecule has 1 aromatic heterocycles. The average molecular weight is 400 g/mol. The molecule has 1 atom stereocenters. The zero-order valence-corrected chi connectivity index (χ0v) is 18.2. The van der Waals surface area contributed by atoms with Crippen LogP contribution in [-0.2, 0) is 19.5 Å². The highest BCUT2D eigenvalue weighted by molar-refractivity contribution is 7.09. The van der Waals surface area contributed by atoms with Gasteiger partial charge in [-0.2, -0.15) is 0 Å². The Bertz CT molecular complexity index is 770. The molecular weight excluding hydrogens is 366 g/mol. The summed E-state index contributed by atoms with van der Waals surface area (Å²) in [5.74, 6) is 0.841. The molecule has 0 amide bonds. The van der Waals surface area contributed by atoms with E-state index in [1.165, 1.54) is 36.9 Å². The minimum Gasteiger partial charge on any atom is -0.356 e. The first-order chi connectivity index (χ1) is 13.7. The molecule has 0 saturated carbocycles. The molecule has 3 rings (SSSR count). The zero-order chi connectivity index (χ0) is 19.8. The first kappa shape index (κ1) is 20.8. The molecule has 6 heteroatoms. The Labute approximate surface area is 173 Å². The average Bonchev–Trinajstić information content (AvgIpc) is 3.12. The number of hydrogen-bond acceptors (Lipinski definition) is 4. The van der Waals surface area contributed by atoms with Crippen LogP contribution in [0.15, 0.2) is 34.6 Å². The van der Waals surface area contributed by atoms with E-state index in [-0.39, 0.29) is 0 Å². The number of likely N-dealkylation sites (tertiary alicyclic amines) is 1. The molecule has 1 unspecified atom stereocenters. The number of aromatic nitrogens is 1. The SMILES string of the molecule is CN=C(NCCc1csc(C)n1)NCc1ccccc1CN1CCCCC1C. The molecule has 152 valence electrons. The highest BCUT2D eigenvalue weighted by Crippen LogP contribution is 2.20. The number of hydrogen-bond donors (Lipinski definition) is 2. The molecule has 2 heterocycles. The van der Waals surface area contributed by atoms with Gasteiger partial charge in [-0.25, -0.2) is 4.98 Å². The zero-order valence-electron chi connectivity index (χ0n) is 17.4. The van der Waals surface area contributed by atoms with Gasteiger partial charge in [0.25, 0.3) is 0 Å². The Morgan fingerprint density at radius 3 is 2.79 bits per heavy atom. The Hall–Kier alpha value is -1.92. The maximum Gasteiger partial charge on any atom is 0.191 e. The molecular formula is C22H33N5S. The molecule has 5 nitrogen and oxygen atoms in total. The van der Waals surface area contributed by atoms with Gasteiger partial charge < -0.3 is 10.6 Å². The predicted molar refractivity (Wildman–Crippen MR) is 119 cm³/mol. The molecule has 2 aromatic rings. The van der Waals surface area contributed by atoms with E-state index < -0.39 is 0 Å². The first-order valence-corrected chi connectivity index (χ1v) is 11.2. The fraction of sp³-hybridized carbons (Fsp3) is 0.545. The van der Waals surface area contributed by atoms with Crippen LogP contribution in [-0.4, -0.2) is 42.0 Å². The number of rotatable bonds is 7. The lowest BCUT2D eigenvalue weighted by molar-refractivity contribution is 0.152. The number of benzene rings is 1. The van der Waals surface area contributed by atoms with Gasteiger partial charge >= 0.3 is 0 Å². The van der Waals surface area contributed by atoms with Crippen LogP contribution in [0.1, 0.15) is 48.0 Å². The van der Waals surface area contributed by atoms with Crippen LogP contribution in [0.25, 0.3) is 0 Å². The minimum atomic E-state index is 0.679. The van der Waals surface area contributed by atoms with Gasteiger partial charge in [0.05, 0.1) is 10.7 Å². The number of nitrogens with zero attached hydrogens (tertiary/aromatic N) is 3. The number of guanidine groups is 1. The van der Waals surface area contributed by atoms with Crippen molar-refractivity contribution in [1.29, 1.82) is 0 Å². The predicted octanol–water partition coefficient (Wildman–Crippen LogP) is 3.73. The summed E-state index contributed by atoms with van der Waals surface area (Å²) in [6.07, 6.45) is 4.91. The van der Waals surface area contributed by atoms with Crippen molar-refractivity contribution in [3.63, 3.8) is 0 Å². The monoisotopic (exact) mass is 399 g/mol. The summed E-state index contributed by atoms with van der Waals surface area (Å²) in [7, 11) is 1.82. The van der Waals surface area contributed by atoms with Gasteiger partial charge in [-0.05, 0) is 44.4 Å². The summed E-state index contributed by atoms with van der Waals surface area (Å²) in [6, 6.07) is 9.44. The van der Waals surface area contributed by atoms with Crippen molar-refractivity contribution in [3.8, 4) is 0 Å². The molecule has 1 fully saturated rings. The Morgan fingerprint density at radius 2 is 2.07 bits per heavy atom. The van der Waals surface area contributed by atoms with Crippen molar-refractivity contribution in [3.05, 3.63) is 51.5 Å². The molecule has 0 radical (unpaired) electrons. The maximum absolute atomic E-state index is 4.51. The van der Waals surface area contributed by atoms with E-state index >= 15 is 0 Å². The standard InChI is InChI=1S/C22H33N5S/c1-17-8-6-7-13-27(17)15-20-10-5-4-9-19(20)14-25-22(23-3)24-12-11-21-16-28-18(2)26-21/h4-5,9-10,16-17H,6-8,11-15H2,1-3H3,(H2,23,24,25). The van der Waals surface area contributed by atoms with Crippen LogP contribution in [0.5, 0.6) is 0 Å².